The standard InChI is InChI=1S/C16H22N2O2S/c1-4-17-15(11-21-16-18-12(3)10-20-16)13-6-8-14(9-7-13)19-5-2/h6-10,15,17H,4-5,11H2,1-3H3. The fraction of sp³-hybridized carbons (Fsp3) is 0.438. The van der Waals surface area contributed by atoms with Crippen LogP contribution in [0.15, 0.2) is 40.2 Å². The number of thioether (sulfide) groups is 1. The molecule has 0 aliphatic carbocycles. The van der Waals surface area contributed by atoms with Crippen LogP contribution in [0.1, 0.15) is 31.1 Å². The van der Waals surface area contributed by atoms with Gasteiger partial charge in [-0.3, -0.25) is 0 Å². The third-order valence-corrected chi connectivity index (χ3v) is 3.95. The van der Waals surface area contributed by atoms with Crippen molar-refractivity contribution in [2.45, 2.75) is 32.0 Å². The van der Waals surface area contributed by atoms with Crippen molar-refractivity contribution in [3.8, 4) is 5.75 Å². The average molecular weight is 306 g/mol. The lowest BCUT2D eigenvalue weighted by molar-refractivity contribution is 0.340. The SMILES string of the molecule is CCNC(CSc1nc(C)co1)c1ccc(OCC)cc1. The molecule has 114 valence electrons. The van der Waals surface area contributed by atoms with Gasteiger partial charge in [-0.05, 0) is 38.1 Å². The van der Waals surface area contributed by atoms with E-state index in [-0.39, 0.29) is 6.04 Å². The van der Waals surface area contributed by atoms with Gasteiger partial charge in [0.15, 0.2) is 0 Å². The Hall–Kier alpha value is -1.46. The maximum absolute atomic E-state index is 5.48. The molecule has 1 N–H and O–H groups in total. The molecule has 21 heavy (non-hydrogen) atoms. The molecule has 1 aromatic carbocycles. The largest absolute Gasteiger partial charge is 0.494 e. The molecule has 0 aliphatic rings. The molecule has 5 heteroatoms. The Morgan fingerprint density at radius 3 is 2.62 bits per heavy atom. The molecule has 0 radical (unpaired) electrons. The number of ether oxygens (including phenoxy) is 1. The fourth-order valence-corrected chi connectivity index (χ4v) is 2.98. The Balaban J connectivity index is 2.00. The molecular formula is C16H22N2O2S. The third-order valence-electron chi connectivity index (χ3n) is 3.02. The number of oxazole rings is 1. The van der Waals surface area contributed by atoms with Gasteiger partial charge in [0.1, 0.15) is 12.0 Å². The van der Waals surface area contributed by atoms with Crippen LogP contribution < -0.4 is 10.1 Å². The van der Waals surface area contributed by atoms with Crippen molar-refractivity contribution < 1.29 is 9.15 Å². The van der Waals surface area contributed by atoms with Gasteiger partial charge in [-0.25, -0.2) is 4.98 Å². The summed E-state index contributed by atoms with van der Waals surface area (Å²) < 4.78 is 10.9. The van der Waals surface area contributed by atoms with Crippen molar-refractivity contribution >= 4 is 11.8 Å². The highest BCUT2D eigenvalue weighted by Gasteiger charge is 2.13. The van der Waals surface area contributed by atoms with Crippen LogP contribution in [0.25, 0.3) is 0 Å². The van der Waals surface area contributed by atoms with Crippen molar-refractivity contribution in [3.05, 3.63) is 41.8 Å². The van der Waals surface area contributed by atoms with E-state index in [1.807, 2.05) is 26.0 Å². The predicted octanol–water partition coefficient (Wildman–Crippen LogP) is 3.82. The minimum Gasteiger partial charge on any atom is -0.494 e. The summed E-state index contributed by atoms with van der Waals surface area (Å²) in [6.07, 6.45) is 1.68. The zero-order chi connectivity index (χ0) is 15.1. The third kappa shape index (κ3) is 4.79. The summed E-state index contributed by atoms with van der Waals surface area (Å²) >= 11 is 1.63. The van der Waals surface area contributed by atoms with Gasteiger partial charge in [0, 0.05) is 11.8 Å². The first kappa shape index (κ1) is 15.9. The van der Waals surface area contributed by atoms with Crippen molar-refractivity contribution in [1.29, 1.82) is 0 Å². The average Bonchev–Trinajstić information content (AvgIpc) is 2.90. The highest BCUT2D eigenvalue weighted by Crippen LogP contribution is 2.25. The summed E-state index contributed by atoms with van der Waals surface area (Å²) in [4.78, 5) is 4.32. The van der Waals surface area contributed by atoms with E-state index in [2.05, 4.69) is 29.4 Å². The van der Waals surface area contributed by atoms with Gasteiger partial charge < -0.3 is 14.5 Å². The molecule has 1 aromatic heterocycles. The summed E-state index contributed by atoms with van der Waals surface area (Å²) in [6, 6.07) is 8.52. The number of nitrogens with zero attached hydrogens (tertiary/aromatic N) is 1. The van der Waals surface area contributed by atoms with Gasteiger partial charge in [-0.1, -0.05) is 30.8 Å². The van der Waals surface area contributed by atoms with Gasteiger partial charge in [-0.15, -0.1) is 0 Å². The van der Waals surface area contributed by atoms with Crippen LogP contribution in [0.4, 0.5) is 0 Å². The van der Waals surface area contributed by atoms with Crippen LogP contribution >= 0.6 is 11.8 Å². The quantitative estimate of drug-likeness (QED) is 0.751. The van der Waals surface area contributed by atoms with E-state index in [9.17, 15) is 0 Å². The molecule has 0 bridgehead atoms. The molecule has 0 spiro atoms. The first-order valence-corrected chi connectivity index (χ1v) is 8.22. The Kier molecular flexibility index (Phi) is 6.14. The summed E-state index contributed by atoms with van der Waals surface area (Å²) in [5.41, 5.74) is 2.16. The molecule has 2 rings (SSSR count). The predicted molar refractivity (Wildman–Crippen MR) is 86.0 cm³/mol. The number of hydrogen-bond acceptors (Lipinski definition) is 5. The highest BCUT2D eigenvalue weighted by atomic mass is 32.2. The van der Waals surface area contributed by atoms with Crippen molar-refractivity contribution in [3.63, 3.8) is 0 Å². The maximum atomic E-state index is 5.48. The van der Waals surface area contributed by atoms with E-state index in [4.69, 9.17) is 9.15 Å². The molecule has 2 aromatic rings. The molecular weight excluding hydrogens is 284 g/mol. The summed E-state index contributed by atoms with van der Waals surface area (Å²) in [5.74, 6) is 1.79. The van der Waals surface area contributed by atoms with Crippen LogP contribution in [0, 0.1) is 6.92 Å². The highest BCUT2D eigenvalue weighted by molar-refractivity contribution is 7.99. The van der Waals surface area contributed by atoms with Crippen molar-refractivity contribution in [2.75, 3.05) is 18.9 Å². The monoisotopic (exact) mass is 306 g/mol. The molecule has 1 atom stereocenters. The molecule has 0 aliphatic heterocycles. The molecule has 1 heterocycles. The van der Waals surface area contributed by atoms with E-state index in [0.29, 0.717) is 6.61 Å². The Morgan fingerprint density at radius 2 is 2.05 bits per heavy atom. The van der Waals surface area contributed by atoms with E-state index in [0.717, 1.165) is 29.0 Å². The van der Waals surface area contributed by atoms with Gasteiger partial charge in [-0.2, -0.15) is 0 Å². The maximum Gasteiger partial charge on any atom is 0.255 e. The van der Waals surface area contributed by atoms with Gasteiger partial charge in [0.2, 0.25) is 0 Å². The first-order chi connectivity index (χ1) is 10.2. The van der Waals surface area contributed by atoms with E-state index in [1.165, 1.54) is 5.56 Å². The second-order valence-corrected chi connectivity index (χ2v) is 5.65. The Bertz CT molecular complexity index is 539. The molecule has 0 saturated heterocycles. The minimum absolute atomic E-state index is 0.267. The van der Waals surface area contributed by atoms with Crippen LogP contribution in [-0.4, -0.2) is 23.9 Å². The van der Waals surface area contributed by atoms with E-state index >= 15 is 0 Å². The number of aromatic nitrogens is 1. The second kappa shape index (κ2) is 8.10. The van der Waals surface area contributed by atoms with Crippen molar-refractivity contribution in [2.24, 2.45) is 0 Å². The topological polar surface area (TPSA) is 47.3 Å². The zero-order valence-corrected chi connectivity index (χ0v) is 13.6. The Labute approximate surface area is 130 Å². The zero-order valence-electron chi connectivity index (χ0n) is 12.8. The second-order valence-electron chi connectivity index (χ2n) is 4.68. The molecule has 4 nitrogen and oxygen atoms in total. The smallest absolute Gasteiger partial charge is 0.255 e. The Morgan fingerprint density at radius 1 is 1.29 bits per heavy atom. The fourth-order valence-electron chi connectivity index (χ4n) is 2.04. The van der Waals surface area contributed by atoms with Gasteiger partial charge in [0.25, 0.3) is 5.22 Å². The molecule has 0 amide bonds. The normalized spacial score (nSPS) is 12.3. The lowest BCUT2D eigenvalue weighted by Crippen LogP contribution is -2.22. The number of rotatable bonds is 8. The number of aryl methyl sites for hydroxylation is 1. The van der Waals surface area contributed by atoms with Crippen LogP contribution in [0.3, 0.4) is 0 Å². The molecule has 1 unspecified atom stereocenters. The minimum atomic E-state index is 0.267. The van der Waals surface area contributed by atoms with E-state index in [1.54, 1.807) is 18.0 Å². The van der Waals surface area contributed by atoms with Crippen LogP contribution in [0.5, 0.6) is 5.75 Å². The van der Waals surface area contributed by atoms with Crippen LogP contribution in [-0.2, 0) is 0 Å². The van der Waals surface area contributed by atoms with Crippen LogP contribution in [0.2, 0.25) is 0 Å². The number of hydrogen-bond donors (Lipinski definition) is 1. The first-order valence-electron chi connectivity index (χ1n) is 7.24. The summed E-state index contributed by atoms with van der Waals surface area (Å²) in [6.45, 7) is 7.64. The van der Waals surface area contributed by atoms with E-state index < -0.39 is 0 Å². The van der Waals surface area contributed by atoms with Gasteiger partial charge in [0.05, 0.1) is 12.3 Å². The summed E-state index contributed by atoms with van der Waals surface area (Å²) in [7, 11) is 0. The lowest BCUT2D eigenvalue weighted by Gasteiger charge is -2.17. The lowest BCUT2D eigenvalue weighted by atomic mass is 10.1. The molecule has 0 fully saturated rings. The van der Waals surface area contributed by atoms with Gasteiger partial charge >= 0.3 is 0 Å². The number of benzene rings is 1. The van der Waals surface area contributed by atoms with Crippen molar-refractivity contribution in [1.82, 2.24) is 10.3 Å². The summed E-state index contributed by atoms with van der Waals surface area (Å²) in [5, 5.41) is 4.22. The molecule has 0 saturated carbocycles. The number of nitrogens with one attached hydrogen (secondary N) is 1.